The standard InChI is InChI=1S/C20H22FNO2/c1-2-18(24-19-13-6-5-11-16(19)21)20(23)22-17-12-7-9-14-8-3-4-10-15(14)17/h3-6,8,10-11,13,17-18H,2,7,9,12H2,1H3,(H,22,23)/t17-,18-/m1/s1. The number of halogens is 1. The van der Waals surface area contributed by atoms with Gasteiger partial charge in [-0.3, -0.25) is 4.79 Å². The first kappa shape index (κ1) is 16.5. The summed E-state index contributed by atoms with van der Waals surface area (Å²) in [6.07, 6.45) is 2.79. The first-order valence-corrected chi connectivity index (χ1v) is 8.48. The molecule has 0 radical (unpaired) electrons. The molecular weight excluding hydrogens is 305 g/mol. The zero-order valence-corrected chi connectivity index (χ0v) is 13.8. The average molecular weight is 327 g/mol. The zero-order valence-electron chi connectivity index (χ0n) is 13.8. The minimum atomic E-state index is -0.698. The predicted molar refractivity (Wildman–Crippen MR) is 91.4 cm³/mol. The summed E-state index contributed by atoms with van der Waals surface area (Å²) < 4.78 is 19.3. The van der Waals surface area contributed by atoms with Gasteiger partial charge in [0.1, 0.15) is 0 Å². The Morgan fingerprint density at radius 1 is 1.25 bits per heavy atom. The monoisotopic (exact) mass is 327 g/mol. The second-order valence-electron chi connectivity index (χ2n) is 6.10. The van der Waals surface area contributed by atoms with Crippen molar-refractivity contribution in [3.05, 3.63) is 65.5 Å². The molecule has 2 atom stereocenters. The molecule has 2 aromatic carbocycles. The Kier molecular flexibility index (Phi) is 5.14. The van der Waals surface area contributed by atoms with Crippen molar-refractivity contribution in [3.8, 4) is 5.75 Å². The Labute approximate surface area is 141 Å². The number of nitrogens with one attached hydrogen (secondary N) is 1. The van der Waals surface area contributed by atoms with E-state index in [1.54, 1.807) is 18.2 Å². The lowest BCUT2D eigenvalue weighted by Crippen LogP contribution is -2.41. The summed E-state index contributed by atoms with van der Waals surface area (Å²) in [5.74, 6) is -0.530. The smallest absolute Gasteiger partial charge is 0.261 e. The van der Waals surface area contributed by atoms with Gasteiger partial charge in [-0.05, 0) is 48.9 Å². The van der Waals surface area contributed by atoms with Gasteiger partial charge in [0.2, 0.25) is 0 Å². The number of rotatable bonds is 5. The van der Waals surface area contributed by atoms with Crippen LogP contribution in [-0.2, 0) is 11.2 Å². The number of ether oxygens (including phenoxy) is 1. The van der Waals surface area contributed by atoms with Gasteiger partial charge in [0, 0.05) is 0 Å². The van der Waals surface area contributed by atoms with Crippen LogP contribution in [-0.4, -0.2) is 12.0 Å². The number of hydrogen-bond donors (Lipinski definition) is 1. The second-order valence-corrected chi connectivity index (χ2v) is 6.10. The Hall–Kier alpha value is -2.36. The van der Waals surface area contributed by atoms with E-state index in [4.69, 9.17) is 4.74 Å². The lowest BCUT2D eigenvalue weighted by atomic mass is 9.87. The predicted octanol–water partition coefficient (Wildman–Crippen LogP) is 4.18. The lowest BCUT2D eigenvalue weighted by molar-refractivity contribution is -0.129. The zero-order chi connectivity index (χ0) is 16.9. The van der Waals surface area contributed by atoms with Gasteiger partial charge >= 0.3 is 0 Å². The fourth-order valence-corrected chi connectivity index (χ4v) is 3.18. The van der Waals surface area contributed by atoms with Crippen molar-refractivity contribution in [1.29, 1.82) is 0 Å². The fourth-order valence-electron chi connectivity index (χ4n) is 3.18. The van der Waals surface area contributed by atoms with E-state index >= 15 is 0 Å². The summed E-state index contributed by atoms with van der Waals surface area (Å²) in [6, 6.07) is 14.4. The van der Waals surface area contributed by atoms with E-state index in [9.17, 15) is 9.18 Å². The number of aryl methyl sites for hydroxylation is 1. The molecular formula is C20H22FNO2. The summed E-state index contributed by atoms with van der Waals surface area (Å²) in [5.41, 5.74) is 2.47. The van der Waals surface area contributed by atoms with E-state index in [1.165, 1.54) is 17.2 Å². The molecule has 0 heterocycles. The fraction of sp³-hybridized carbons (Fsp3) is 0.350. The van der Waals surface area contributed by atoms with E-state index in [1.807, 2.05) is 19.1 Å². The molecule has 0 fully saturated rings. The summed E-state index contributed by atoms with van der Waals surface area (Å²) in [6.45, 7) is 1.86. The third-order valence-electron chi connectivity index (χ3n) is 4.46. The quantitative estimate of drug-likeness (QED) is 0.895. The molecule has 1 amide bonds. The molecule has 0 spiro atoms. The van der Waals surface area contributed by atoms with Crippen molar-refractivity contribution in [2.45, 2.75) is 44.8 Å². The minimum absolute atomic E-state index is 0.000667. The normalized spacial score (nSPS) is 17.7. The molecule has 1 aliphatic rings. The Morgan fingerprint density at radius 2 is 2.00 bits per heavy atom. The first-order valence-electron chi connectivity index (χ1n) is 8.48. The van der Waals surface area contributed by atoms with Crippen LogP contribution in [0.3, 0.4) is 0 Å². The topological polar surface area (TPSA) is 38.3 Å². The van der Waals surface area contributed by atoms with Crippen molar-refractivity contribution < 1.29 is 13.9 Å². The molecule has 1 aliphatic carbocycles. The highest BCUT2D eigenvalue weighted by Crippen LogP contribution is 2.29. The molecule has 1 N–H and O–H groups in total. The highest BCUT2D eigenvalue weighted by atomic mass is 19.1. The number of fused-ring (bicyclic) bond motifs is 1. The van der Waals surface area contributed by atoms with Crippen molar-refractivity contribution in [1.82, 2.24) is 5.32 Å². The van der Waals surface area contributed by atoms with Gasteiger partial charge < -0.3 is 10.1 Å². The molecule has 0 saturated carbocycles. The SMILES string of the molecule is CC[C@@H](Oc1ccccc1F)C(=O)N[C@@H]1CCCc2ccccc21. The van der Waals surface area contributed by atoms with E-state index in [0.717, 1.165) is 19.3 Å². The van der Waals surface area contributed by atoms with Gasteiger partial charge in [-0.1, -0.05) is 43.3 Å². The molecule has 0 aliphatic heterocycles. The first-order chi connectivity index (χ1) is 11.7. The largest absolute Gasteiger partial charge is 0.478 e. The number of para-hydroxylation sites is 1. The third kappa shape index (κ3) is 3.58. The van der Waals surface area contributed by atoms with Gasteiger partial charge in [0.05, 0.1) is 6.04 Å². The molecule has 126 valence electrons. The van der Waals surface area contributed by atoms with Crippen molar-refractivity contribution in [2.75, 3.05) is 0 Å². The van der Waals surface area contributed by atoms with Crippen LogP contribution >= 0.6 is 0 Å². The van der Waals surface area contributed by atoms with E-state index < -0.39 is 11.9 Å². The van der Waals surface area contributed by atoms with E-state index in [-0.39, 0.29) is 17.7 Å². The Bertz CT molecular complexity index is 716. The summed E-state index contributed by atoms with van der Waals surface area (Å²) in [4.78, 5) is 12.6. The lowest BCUT2D eigenvalue weighted by Gasteiger charge is -2.28. The van der Waals surface area contributed by atoms with Crippen molar-refractivity contribution >= 4 is 5.91 Å². The number of hydrogen-bond acceptors (Lipinski definition) is 2. The number of carbonyl (C=O) groups is 1. The van der Waals surface area contributed by atoms with Crippen LogP contribution in [0.25, 0.3) is 0 Å². The average Bonchev–Trinajstić information content (AvgIpc) is 2.61. The van der Waals surface area contributed by atoms with Crippen LogP contribution in [0.4, 0.5) is 4.39 Å². The minimum Gasteiger partial charge on any atom is -0.478 e. The Morgan fingerprint density at radius 3 is 2.79 bits per heavy atom. The third-order valence-corrected chi connectivity index (χ3v) is 4.46. The second kappa shape index (κ2) is 7.47. The van der Waals surface area contributed by atoms with Gasteiger partial charge in [-0.25, -0.2) is 4.39 Å². The maximum atomic E-state index is 13.7. The van der Waals surface area contributed by atoms with Crippen LogP contribution in [0.5, 0.6) is 5.75 Å². The number of benzene rings is 2. The van der Waals surface area contributed by atoms with Gasteiger partial charge in [-0.2, -0.15) is 0 Å². The molecule has 4 heteroatoms. The highest BCUT2D eigenvalue weighted by molar-refractivity contribution is 5.81. The number of amides is 1. The van der Waals surface area contributed by atoms with E-state index in [0.29, 0.717) is 6.42 Å². The summed E-state index contributed by atoms with van der Waals surface area (Å²) in [5, 5.41) is 3.08. The maximum Gasteiger partial charge on any atom is 0.261 e. The molecule has 0 unspecified atom stereocenters. The van der Waals surface area contributed by atoms with Gasteiger partial charge in [0.15, 0.2) is 17.7 Å². The molecule has 3 rings (SSSR count). The van der Waals surface area contributed by atoms with Crippen LogP contribution in [0.1, 0.15) is 43.4 Å². The van der Waals surface area contributed by atoms with Crippen LogP contribution < -0.4 is 10.1 Å². The summed E-state index contributed by atoms with van der Waals surface area (Å²) in [7, 11) is 0. The molecule has 0 bridgehead atoms. The van der Waals surface area contributed by atoms with Crippen molar-refractivity contribution in [3.63, 3.8) is 0 Å². The van der Waals surface area contributed by atoms with Crippen molar-refractivity contribution in [2.24, 2.45) is 0 Å². The molecule has 2 aromatic rings. The molecule has 3 nitrogen and oxygen atoms in total. The highest BCUT2D eigenvalue weighted by Gasteiger charge is 2.26. The van der Waals surface area contributed by atoms with Crippen LogP contribution in [0.2, 0.25) is 0 Å². The van der Waals surface area contributed by atoms with Crippen LogP contribution in [0, 0.1) is 5.82 Å². The summed E-state index contributed by atoms with van der Waals surface area (Å²) >= 11 is 0. The molecule has 0 saturated heterocycles. The molecule has 24 heavy (non-hydrogen) atoms. The molecule has 0 aromatic heterocycles. The maximum absolute atomic E-state index is 13.7. The van der Waals surface area contributed by atoms with Crippen LogP contribution in [0.15, 0.2) is 48.5 Å². The van der Waals surface area contributed by atoms with E-state index in [2.05, 4.69) is 17.4 Å². The number of carbonyl (C=O) groups excluding carboxylic acids is 1. The Balaban J connectivity index is 1.71. The van der Waals surface area contributed by atoms with Gasteiger partial charge in [-0.15, -0.1) is 0 Å². The van der Waals surface area contributed by atoms with Gasteiger partial charge in [0.25, 0.3) is 5.91 Å².